The Balaban J connectivity index is 1.58. The first-order valence-electron chi connectivity index (χ1n) is 7.86. The lowest BCUT2D eigenvalue weighted by molar-refractivity contribution is 0.104. The average molecular weight is 353 g/mol. The second kappa shape index (κ2) is 7.86. The minimum Gasteiger partial charge on any atom is -0.486 e. The van der Waals surface area contributed by atoms with Crippen molar-refractivity contribution < 1.29 is 13.9 Å². The fraction of sp³-hybridized carbons (Fsp3) is 0.0952. The standard InChI is InChI=1S/C21H17ClO3/c1-15-2-4-16(5-3-15)21(23)13-12-19-10-11-20(25-19)14-24-18-8-6-17(22)7-9-18/h2-13H,14H2,1H3/b13-12+. The first-order valence-corrected chi connectivity index (χ1v) is 8.24. The fourth-order valence-corrected chi connectivity index (χ4v) is 2.34. The molecule has 0 aliphatic heterocycles. The van der Waals surface area contributed by atoms with Gasteiger partial charge in [0.1, 0.15) is 23.9 Å². The molecule has 0 saturated heterocycles. The predicted octanol–water partition coefficient (Wildman–Crippen LogP) is 5.72. The van der Waals surface area contributed by atoms with E-state index in [1.54, 1.807) is 36.4 Å². The molecule has 0 atom stereocenters. The lowest BCUT2D eigenvalue weighted by Crippen LogP contribution is -1.93. The molecule has 2 aromatic carbocycles. The molecule has 0 aliphatic rings. The van der Waals surface area contributed by atoms with Gasteiger partial charge in [-0.1, -0.05) is 41.4 Å². The molecule has 0 spiro atoms. The zero-order valence-electron chi connectivity index (χ0n) is 13.7. The molecule has 126 valence electrons. The second-order valence-corrected chi connectivity index (χ2v) is 6.05. The van der Waals surface area contributed by atoms with Crippen LogP contribution in [-0.2, 0) is 6.61 Å². The van der Waals surface area contributed by atoms with Crippen LogP contribution in [0.25, 0.3) is 6.08 Å². The Bertz CT molecular complexity index is 874. The van der Waals surface area contributed by atoms with Crippen LogP contribution in [0.3, 0.4) is 0 Å². The third-order valence-corrected chi connectivity index (χ3v) is 3.86. The number of aryl methyl sites for hydroxylation is 1. The Labute approximate surface area is 151 Å². The number of carbonyl (C=O) groups is 1. The van der Waals surface area contributed by atoms with Gasteiger partial charge in [-0.3, -0.25) is 4.79 Å². The van der Waals surface area contributed by atoms with Gasteiger partial charge in [-0.15, -0.1) is 0 Å². The molecule has 4 heteroatoms. The molecule has 3 aromatic rings. The SMILES string of the molecule is Cc1ccc(C(=O)/C=C/c2ccc(COc3ccc(Cl)cc3)o2)cc1. The highest BCUT2D eigenvalue weighted by molar-refractivity contribution is 6.30. The van der Waals surface area contributed by atoms with Crippen molar-refractivity contribution in [2.45, 2.75) is 13.5 Å². The van der Waals surface area contributed by atoms with Crippen LogP contribution < -0.4 is 4.74 Å². The van der Waals surface area contributed by atoms with Crippen molar-refractivity contribution in [3.63, 3.8) is 0 Å². The summed E-state index contributed by atoms with van der Waals surface area (Å²) < 4.78 is 11.3. The van der Waals surface area contributed by atoms with E-state index < -0.39 is 0 Å². The Kier molecular flexibility index (Phi) is 5.36. The van der Waals surface area contributed by atoms with Crippen LogP contribution in [0.5, 0.6) is 5.75 Å². The molecule has 1 aromatic heterocycles. The maximum Gasteiger partial charge on any atom is 0.185 e. The van der Waals surface area contributed by atoms with E-state index in [1.165, 1.54) is 6.08 Å². The molecule has 1 heterocycles. The van der Waals surface area contributed by atoms with Gasteiger partial charge in [0.15, 0.2) is 5.78 Å². The largest absolute Gasteiger partial charge is 0.486 e. The van der Waals surface area contributed by atoms with E-state index in [4.69, 9.17) is 20.8 Å². The predicted molar refractivity (Wildman–Crippen MR) is 99.0 cm³/mol. The number of ether oxygens (including phenoxy) is 1. The zero-order chi connectivity index (χ0) is 17.6. The first-order chi connectivity index (χ1) is 12.1. The highest BCUT2D eigenvalue weighted by atomic mass is 35.5. The summed E-state index contributed by atoms with van der Waals surface area (Å²) in [6.45, 7) is 2.29. The van der Waals surface area contributed by atoms with E-state index in [1.807, 2.05) is 37.3 Å². The third kappa shape index (κ3) is 4.85. The number of halogens is 1. The molecule has 0 aliphatic carbocycles. The molecule has 0 saturated carbocycles. The minimum atomic E-state index is -0.0598. The number of allylic oxidation sites excluding steroid dienone is 1. The van der Waals surface area contributed by atoms with Gasteiger partial charge in [-0.25, -0.2) is 0 Å². The molecule has 0 unspecified atom stereocenters. The quantitative estimate of drug-likeness (QED) is 0.421. The summed E-state index contributed by atoms with van der Waals surface area (Å²) in [4.78, 5) is 12.1. The third-order valence-electron chi connectivity index (χ3n) is 3.61. The zero-order valence-corrected chi connectivity index (χ0v) is 14.5. The van der Waals surface area contributed by atoms with Crippen molar-refractivity contribution in [1.82, 2.24) is 0 Å². The Morgan fingerprint density at radius 2 is 1.76 bits per heavy atom. The molecule has 0 N–H and O–H groups in total. The summed E-state index contributed by atoms with van der Waals surface area (Å²) in [5.41, 5.74) is 1.77. The summed E-state index contributed by atoms with van der Waals surface area (Å²) in [6, 6.07) is 18.2. The van der Waals surface area contributed by atoms with Crippen molar-refractivity contribution in [3.05, 3.63) is 94.4 Å². The van der Waals surface area contributed by atoms with Gasteiger partial charge in [0.25, 0.3) is 0 Å². The van der Waals surface area contributed by atoms with Crippen molar-refractivity contribution in [3.8, 4) is 5.75 Å². The number of ketones is 1. The maximum atomic E-state index is 12.1. The smallest absolute Gasteiger partial charge is 0.185 e. The van der Waals surface area contributed by atoms with Crippen LogP contribution in [0, 0.1) is 6.92 Å². The van der Waals surface area contributed by atoms with Crippen LogP contribution in [0.15, 0.2) is 71.2 Å². The van der Waals surface area contributed by atoms with Gasteiger partial charge in [-0.05, 0) is 55.5 Å². The van der Waals surface area contributed by atoms with Gasteiger partial charge >= 0.3 is 0 Å². The summed E-state index contributed by atoms with van der Waals surface area (Å²) in [5.74, 6) is 1.94. The first kappa shape index (κ1) is 17.1. The molecule has 3 nitrogen and oxygen atoms in total. The van der Waals surface area contributed by atoms with E-state index in [0.29, 0.717) is 34.5 Å². The van der Waals surface area contributed by atoms with E-state index in [-0.39, 0.29) is 5.78 Å². The Morgan fingerprint density at radius 3 is 2.48 bits per heavy atom. The highest BCUT2D eigenvalue weighted by Crippen LogP contribution is 2.18. The van der Waals surface area contributed by atoms with Crippen molar-refractivity contribution in [2.75, 3.05) is 0 Å². The number of benzene rings is 2. The molecule has 0 radical (unpaired) electrons. The van der Waals surface area contributed by atoms with E-state index in [9.17, 15) is 4.79 Å². The summed E-state index contributed by atoms with van der Waals surface area (Å²) >= 11 is 5.84. The molecule has 0 fully saturated rings. The second-order valence-electron chi connectivity index (χ2n) is 5.61. The number of rotatable bonds is 6. The number of carbonyl (C=O) groups excluding carboxylic acids is 1. The number of furan rings is 1. The molecular formula is C21H17ClO3. The fourth-order valence-electron chi connectivity index (χ4n) is 2.22. The lowest BCUT2D eigenvalue weighted by Gasteiger charge is -2.03. The number of hydrogen-bond acceptors (Lipinski definition) is 3. The topological polar surface area (TPSA) is 39.4 Å². The molecule has 3 rings (SSSR count). The molecule has 0 amide bonds. The normalized spacial score (nSPS) is 11.0. The molecule has 0 bridgehead atoms. The summed E-state index contributed by atoms with van der Waals surface area (Å²) in [7, 11) is 0. The van der Waals surface area contributed by atoms with Gasteiger partial charge in [-0.2, -0.15) is 0 Å². The lowest BCUT2D eigenvalue weighted by atomic mass is 10.1. The van der Waals surface area contributed by atoms with Gasteiger partial charge in [0.2, 0.25) is 0 Å². The summed E-state index contributed by atoms with van der Waals surface area (Å²) in [5, 5.41) is 0.663. The summed E-state index contributed by atoms with van der Waals surface area (Å²) in [6.07, 6.45) is 3.17. The van der Waals surface area contributed by atoms with Crippen molar-refractivity contribution in [2.24, 2.45) is 0 Å². The highest BCUT2D eigenvalue weighted by Gasteiger charge is 2.04. The molecular weight excluding hydrogens is 336 g/mol. The van der Waals surface area contributed by atoms with Crippen LogP contribution in [0.1, 0.15) is 27.4 Å². The monoisotopic (exact) mass is 352 g/mol. The van der Waals surface area contributed by atoms with Crippen LogP contribution in [-0.4, -0.2) is 5.78 Å². The van der Waals surface area contributed by atoms with E-state index in [2.05, 4.69) is 0 Å². The Morgan fingerprint density at radius 1 is 1.04 bits per heavy atom. The van der Waals surface area contributed by atoms with Crippen molar-refractivity contribution in [1.29, 1.82) is 0 Å². The average Bonchev–Trinajstić information content (AvgIpc) is 3.08. The minimum absolute atomic E-state index is 0.0598. The van der Waals surface area contributed by atoms with Gasteiger partial charge in [0.05, 0.1) is 0 Å². The van der Waals surface area contributed by atoms with Gasteiger partial charge < -0.3 is 9.15 Å². The van der Waals surface area contributed by atoms with Crippen molar-refractivity contribution >= 4 is 23.5 Å². The van der Waals surface area contributed by atoms with Crippen LogP contribution in [0.4, 0.5) is 0 Å². The molecule has 25 heavy (non-hydrogen) atoms. The van der Waals surface area contributed by atoms with Crippen LogP contribution in [0.2, 0.25) is 5.02 Å². The van der Waals surface area contributed by atoms with Crippen LogP contribution >= 0.6 is 11.6 Å². The van der Waals surface area contributed by atoms with E-state index >= 15 is 0 Å². The maximum absolute atomic E-state index is 12.1. The van der Waals surface area contributed by atoms with E-state index in [0.717, 1.165) is 5.56 Å². The van der Waals surface area contributed by atoms with Gasteiger partial charge in [0, 0.05) is 10.6 Å². The number of hydrogen-bond donors (Lipinski definition) is 0. The Hall–Kier alpha value is -2.78.